The summed E-state index contributed by atoms with van der Waals surface area (Å²) in [5.74, 6) is -0.863. The van der Waals surface area contributed by atoms with Crippen LogP contribution in [-0.4, -0.2) is 37.2 Å². The molecule has 0 unspecified atom stereocenters. The van der Waals surface area contributed by atoms with Crippen LogP contribution in [0, 0.1) is 0 Å². The fourth-order valence-electron chi connectivity index (χ4n) is 7.61. The number of unbranched alkanes of at least 4 members (excludes halogenated alkanes) is 34. The minimum Gasteiger partial charge on any atom is -0.462 e. The third-order valence-electron chi connectivity index (χ3n) is 11.5. The molecule has 0 heterocycles. The second-order valence-corrected chi connectivity index (χ2v) is 17.4. The molecule has 0 aliphatic carbocycles. The van der Waals surface area contributed by atoms with Gasteiger partial charge in [0, 0.05) is 19.3 Å². The highest BCUT2D eigenvalue weighted by atomic mass is 16.6. The number of hydrogen-bond donors (Lipinski definition) is 0. The lowest BCUT2D eigenvalue weighted by molar-refractivity contribution is -0.167. The molecule has 342 valence electrons. The van der Waals surface area contributed by atoms with Gasteiger partial charge in [-0.3, -0.25) is 14.4 Å². The molecule has 0 aromatic heterocycles. The van der Waals surface area contributed by atoms with Crippen molar-refractivity contribution in [3.05, 3.63) is 12.2 Å². The SMILES string of the molecule is CCCCCC/C=C\CCCCCCCC(=O)O[C@H](COC(=O)CCCCCCCCCCCC)COC(=O)CCCCCCCCCCCCCCCCCCC. The molecule has 0 aromatic rings. The van der Waals surface area contributed by atoms with Gasteiger partial charge in [-0.1, -0.05) is 232 Å². The highest BCUT2D eigenvalue weighted by molar-refractivity contribution is 5.71. The Morgan fingerprint density at radius 1 is 0.328 bits per heavy atom. The minimum absolute atomic E-state index is 0.0683. The first-order chi connectivity index (χ1) is 28.5. The summed E-state index contributed by atoms with van der Waals surface area (Å²) in [7, 11) is 0. The van der Waals surface area contributed by atoms with Gasteiger partial charge >= 0.3 is 17.9 Å². The van der Waals surface area contributed by atoms with E-state index in [2.05, 4.69) is 32.9 Å². The molecule has 0 aromatic carbocycles. The molecule has 0 spiro atoms. The van der Waals surface area contributed by atoms with Crippen molar-refractivity contribution in [2.75, 3.05) is 13.2 Å². The van der Waals surface area contributed by atoms with E-state index in [1.54, 1.807) is 0 Å². The Labute approximate surface area is 360 Å². The van der Waals surface area contributed by atoms with Gasteiger partial charge in [0.25, 0.3) is 0 Å². The van der Waals surface area contributed by atoms with E-state index in [9.17, 15) is 14.4 Å². The summed E-state index contributed by atoms with van der Waals surface area (Å²) in [6, 6.07) is 0. The third kappa shape index (κ3) is 45.2. The Hall–Kier alpha value is -1.85. The van der Waals surface area contributed by atoms with E-state index in [1.807, 2.05) is 0 Å². The van der Waals surface area contributed by atoms with Crippen LogP contribution in [0.3, 0.4) is 0 Å². The Bertz CT molecular complexity index is 900. The Morgan fingerprint density at radius 3 is 0.879 bits per heavy atom. The van der Waals surface area contributed by atoms with Gasteiger partial charge in [-0.2, -0.15) is 0 Å². The monoisotopic (exact) mass is 819 g/mol. The Balaban J connectivity index is 4.28. The van der Waals surface area contributed by atoms with E-state index >= 15 is 0 Å². The molecule has 0 amide bonds. The lowest BCUT2D eigenvalue weighted by Crippen LogP contribution is -2.30. The molecule has 0 bridgehead atoms. The summed E-state index contributed by atoms with van der Waals surface area (Å²) in [4.78, 5) is 37.9. The van der Waals surface area contributed by atoms with Gasteiger partial charge in [0.2, 0.25) is 0 Å². The van der Waals surface area contributed by atoms with Gasteiger partial charge in [0.1, 0.15) is 13.2 Å². The number of rotatable bonds is 47. The van der Waals surface area contributed by atoms with Crippen LogP contribution in [0.25, 0.3) is 0 Å². The summed E-state index contributed by atoms with van der Waals surface area (Å²) in [5.41, 5.74) is 0. The van der Waals surface area contributed by atoms with Crippen molar-refractivity contribution in [3.8, 4) is 0 Å². The first-order valence-corrected chi connectivity index (χ1v) is 25.7. The van der Waals surface area contributed by atoms with Crippen LogP contribution in [0.2, 0.25) is 0 Å². The number of carbonyl (C=O) groups is 3. The number of allylic oxidation sites excluding steroid dienone is 2. The Kier molecular flexibility index (Phi) is 46.3. The van der Waals surface area contributed by atoms with Gasteiger partial charge in [-0.05, 0) is 44.9 Å². The van der Waals surface area contributed by atoms with E-state index in [-0.39, 0.29) is 31.1 Å². The van der Waals surface area contributed by atoms with Crippen LogP contribution >= 0.6 is 0 Å². The average Bonchev–Trinajstić information content (AvgIpc) is 3.22. The molecule has 0 aliphatic rings. The molecule has 0 saturated carbocycles. The lowest BCUT2D eigenvalue weighted by atomic mass is 10.0. The highest BCUT2D eigenvalue weighted by Crippen LogP contribution is 2.16. The summed E-state index contributed by atoms with van der Waals surface area (Å²) in [6.45, 7) is 6.64. The smallest absolute Gasteiger partial charge is 0.306 e. The van der Waals surface area contributed by atoms with Crippen molar-refractivity contribution in [1.29, 1.82) is 0 Å². The van der Waals surface area contributed by atoms with Gasteiger partial charge in [0.15, 0.2) is 6.10 Å². The van der Waals surface area contributed by atoms with Gasteiger partial charge in [0.05, 0.1) is 0 Å². The quantitative estimate of drug-likeness (QED) is 0.0263. The molecule has 0 fully saturated rings. The van der Waals surface area contributed by atoms with Crippen molar-refractivity contribution < 1.29 is 28.6 Å². The zero-order chi connectivity index (χ0) is 42.3. The number of carbonyl (C=O) groups excluding carboxylic acids is 3. The Morgan fingerprint density at radius 2 is 0.569 bits per heavy atom. The number of ether oxygens (including phenoxy) is 3. The van der Waals surface area contributed by atoms with Crippen LogP contribution < -0.4 is 0 Å². The topological polar surface area (TPSA) is 78.9 Å². The molecule has 0 rings (SSSR count). The maximum atomic E-state index is 12.7. The van der Waals surface area contributed by atoms with Crippen LogP contribution in [-0.2, 0) is 28.6 Å². The molecule has 6 nitrogen and oxygen atoms in total. The zero-order valence-corrected chi connectivity index (χ0v) is 39.1. The van der Waals surface area contributed by atoms with Crippen molar-refractivity contribution >= 4 is 17.9 Å². The average molecular weight is 819 g/mol. The standard InChI is InChI=1S/C52H98O6/c1-4-7-10-13-16-19-22-24-25-26-27-29-30-33-36-39-42-45-51(54)57-48-49(47-56-50(53)44-41-38-35-32-21-18-15-12-9-6-3)58-52(55)46-43-40-37-34-31-28-23-20-17-14-11-8-5-2/h20,23,49H,4-19,21-22,24-48H2,1-3H3/b23-20-/t49-/m1/s1. The third-order valence-corrected chi connectivity index (χ3v) is 11.5. The van der Waals surface area contributed by atoms with Crippen LogP contribution in [0.1, 0.15) is 284 Å². The van der Waals surface area contributed by atoms with Crippen molar-refractivity contribution in [3.63, 3.8) is 0 Å². The van der Waals surface area contributed by atoms with Crippen LogP contribution in [0.15, 0.2) is 12.2 Å². The maximum Gasteiger partial charge on any atom is 0.306 e. The molecule has 0 aliphatic heterocycles. The van der Waals surface area contributed by atoms with Crippen molar-refractivity contribution in [2.24, 2.45) is 0 Å². The predicted molar refractivity (Wildman–Crippen MR) is 247 cm³/mol. The molecule has 0 radical (unpaired) electrons. The zero-order valence-electron chi connectivity index (χ0n) is 39.1. The van der Waals surface area contributed by atoms with E-state index < -0.39 is 6.10 Å². The largest absolute Gasteiger partial charge is 0.462 e. The molecule has 0 N–H and O–H groups in total. The first-order valence-electron chi connectivity index (χ1n) is 25.7. The van der Waals surface area contributed by atoms with Crippen LogP contribution in [0.4, 0.5) is 0 Å². The molecular weight excluding hydrogens is 721 g/mol. The molecule has 0 saturated heterocycles. The summed E-state index contributed by atoms with van der Waals surface area (Å²) in [5, 5.41) is 0. The fraction of sp³-hybridized carbons (Fsp3) is 0.904. The van der Waals surface area contributed by atoms with Crippen molar-refractivity contribution in [1.82, 2.24) is 0 Å². The summed E-state index contributed by atoms with van der Waals surface area (Å²) in [6.07, 6.45) is 51.9. The normalized spacial score (nSPS) is 12.0. The number of hydrogen-bond acceptors (Lipinski definition) is 6. The van der Waals surface area contributed by atoms with Gasteiger partial charge < -0.3 is 14.2 Å². The van der Waals surface area contributed by atoms with Gasteiger partial charge in [-0.15, -0.1) is 0 Å². The van der Waals surface area contributed by atoms with E-state index in [1.165, 1.54) is 180 Å². The minimum atomic E-state index is -0.766. The lowest BCUT2D eigenvalue weighted by Gasteiger charge is -2.18. The van der Waals surface area contributed by atoms with Crippen molar-refractivity contribution in [2.45, 2.75) is 290 Å². The van der Waals surface area contributed by atoms with E-state index in [0.717, 1.165) is 64.2 Å². The first kappa shape index (κ1) is 56.1. The highest BCUT2D eigenvalue weighted by Gasteiger charge is 2.19. The van der Waals surface area contributed by atoms with E-state index in [4.69, 9.17) is 14.2 Å². The van der Waals surface area contributed by atoms with E-state index in [0.29, 0.717) is 19.3 Å². The summed E-state index contributed by atoms with van der Waals surface area (Å²) >= 11 is 0. The maximum absolute atomic E-state index is 12.7. The van der Waals surface area contributed by atoms with Gasteiger partial charge in [-0.25, -0.2) is 0 Å². The predicted octanol–water partition coefficient (Wildman–Crippen LogP) is 16.6. The fourth-order valence-corrected chi connectivity index (χ4v) is 7.61. The second kappa shape index (κ2) is 47.8. The second-order valence-electron chi connectivity index (χ2n) is 17.4. The molecular formula is C52H98O6. The molecule has 58 heavy (non-hydrogen) atoms. The number of esters is 3. The summed E-state index contributed by atoms with van der Waals surface area (Å²) < 4.78 is 16.8. The molecule has 6 heteroatoms. The van der Waals surface area contributed by atoms with Crippen LogP contribution in [0.5, 0.6) is 0 Å². The molecule has 1 atom stereocenters.